The van der Waals surface area contributed by atoms with Crippen LogP contribution in [0.4, 0.5) is 0 Å². The Morgan fingerprint density at radius 1 is 1.58 bits per heavy atom. The van der Waals surface area contributed by atoms with E-state index in [0.29, 0.717) is 18.3 Å². The predicted octanol–water partition coefficient (Wildman–Crippen LogP) is 0.598. The quantitative estimate of drug-likeness (QED) is 0.465. The van der Waals surface area contributed by atoms with E-state index in [-0.39, 0.29) is 17.9 Å². The molecule has 0 aromatic rings. The Morgan fingerprint density at radius 2 is 2.37 bits per heavy atom. The molecule has 0 aromatic heterocycles. The average molecular weight is 284 g/mol. The molecule has 0 saturated carbocycles. The molecule has 0 bridgehead atoms. The number of amides is 1. The summed E-state index contributed by atoms with van der Waals surface area (Å²) in [6, 6.07) is -0.541. The lowest BCUT2D eigenvalue weighted by molar-refractivity contribution is -0.119. The molecule has 0 fully saturated rings. The summed E-state index contributed by atoms with van der Waals surface area (Å²) in [6.07, 6.45) is 1.29. The van der Waals surface area contributed by atoms with Crippen LogP contribution in [0.3, 0.4) is 0 Å². The van der Waals surface area contributed by atoms with E-state index in [1.165, 1.54) is 6.34 Å². The van der Waals surface area contributed by atoms with E-state index in [1.807, 2.05) is 13.8 Å². The summed E-state index contributed by atoms with van der Waals surface area (Å²) in [5.74, 6) is 0.675. The summed E-state index contributed by atoms with van der Waals surface area (Å²) in [5, 5.41) is 12.1. The Balaban J connectivity index is 2.08. The molecule has 1 atom stereocenters. The zero-order chi connectivity index (χ0) is 13.8. The van der Waals surface area contributed by atoms with Gasteiger partial charge in [0.15, 0.2) is 11.9 Å². The zero-order valence-corrected chi connectivity index (χ0v) is 11.4. The Kier molecular flexibility index (Phi) is 4.20. The van der Waals surface area contributed by atoms with Crippen LogP contribution in [0.5, 0.6) is 0 Å². The van der Waals surface area contributed by atoms with Gasteiger partial charge < -0.3 is 5.32 Å². The van der Waals surface area contributed by atoms with E-state index in [0.717, 1.165) is 0 Å². The van der Waals surface area contributed by atoms with Crippen LogP contribution < -0.4 is 5.32 Å². The van der Waals surface area contributed by atoms with Crippen LogP contribution in [-0.2, 0) is 4.79 Å². The topological polar surface area (TPSA) is 94.1 Å². The van der Waals surface area contributed by atoms with Crippen LogP contribution in [0.15, 0.2) is 25.3 Å². The summed E-state index contributed by atoms with van der Waals surface area (Å²) < 4.78 is 0. The molecule has 0 saturated heterocycles. The van der Waals surface area contributed by atoms with Gasteiger partial charge in [0.1, 0.15) is 0 Å². The van der Waals surface area contributed by atoms with E-state index >= 15 is 0 Å². The molecular formula is C10H14ClN7O. The molecule has 2 rings (SSSR count). The molecule has 2 aliphatic heterocycles. The summed E-state index contributed by atoms with van der Waals surface area (Å²) >= 11 is 5.68. The van der Waals surface area contributed by atoms with E-state index in [1.54, 1.807) is 5.01 Å². The van der Waals surface area contributed by atoms with Gasteiger partial charge in [-0.3, -0.25) is 9.80 Å². The second-order valence-electron chi connectivity index (χ2n) is 4.20. The molecule has 1 N–H and O–H groups in total. The van der Waals surface area contributed by atoms with Crippen LogP contribution in [-0.4, -0.2) is 53.6 Å². The van der Waals surface area contributed by atoms with E-state index in [2.05, 4.69) is 30.6 Å². The van der Waals surface area contributed by atoms with Crippen molar-refractivity contribution in [1.82, 2.24) is 10.3 Å². The highest BCUT2D eigenvalue weighted by molar-refractivity contribution is 6.21. The minimum absolute atomic E-state index is 0.148. The molecule has 9 heteroatoms. The van der Waals surface area contributed by atoms with Gasteiger partial charge in [0.2, 0.25) is 0 Å². The fourth-order valence-electron chi connectivity index (χ4n) is 1.52. The van der Waals surface area contributed by atoms with Gasteiger partial charge in [0.25, 0.3) is 11.9 Å². The fraction of sp³-hybridized carbons (Fsp3) is 0.600. The molecule has 0 radical (unpaired) electrons. The summed E-state index contributed by atoms with van der Waals surface area (Å²) in [7, 11) is 0. The minimum Gasteiger partial charge on any atom is -0.314 e. The number of fused-ring (bicyclic) bond motifs is 1. The second kappa shape index (κ2) is 5.87. The number of hydrogen-bond acceptors (Lipinski definition) is 6. The number of alkyl halides is 1. The molecule has 0 spiro atoms. The summed E-state index contributed by atoms with van der Waals surface area (Å²) in [5.41, 5.74) is 0. The Bertz CT molecular complexity index is 482. The molecule has 0 aliphatic carbocycles. The maximum absolute atomic E-state index is 11.5. The molecule has 1 amide bonds. The first-order valence-corrected chi connectivity index (χ1v) is 6.39. The van der Waals surface area contributed by atoms with Crippen LogP contribution in [0, 0.1) is 0 Å². The van der Waals surface area contributed by atoms with E-state index < -0.39 is 6.04 Å². The van der Waals surface area contributed by atoms with E-state index in [9.17, 15) is 4.79 Å². The number of nitrogens with one attached hydrogen (secondary N) is 1. The average Bonchev–Trinajstić information content (AvgIpc) is 2.78. The highest BCUT2D eigenvalue weighted by atomic mass is 35.5. The lowest BCUT2D eigenvalue weighted by Gasteiger charge is -2.19. The van der Waals surface area contributed by atoms with Crippen LogP contribution in [0.25, 0.3) is 0 Å². The highest BCUT2D eigenvalue weighted by Gasteiger charge is 2.31. The third-order valence-electron chi connectivity index (χ3n) is 2.51. The van der Waals surface area contributed by atoms with Crippen molar-refractivity contribution in [3.63, 3.8) is 0 Å². The third-order valence-corrected chi connectivity index (χ3v) is 2.68. The van der Waals surface area contributed by atoms with Gasteiger partial charge in [-0.15, -0.1) is 11.6 Å². The summed E-state index contributed by atoms with van der Waals surface area (Å²) in [4.78, 5) is 23.5. The van der Waals surface area contributed by atoms with Crippen LogP contribution >= 0.6 is 11.6 Å². The van der Waals surface area contributed by atoms with Crippen molar-refractivity contribution in [2.75, 3.05) is 12.4 Å². The number of carbonyl (C=O) groups is 1. The number of carbonyl (C=O) groups excluding carboxylic acids is 1. The first-order valence-electron chi connectivity index (χ1n) is 5.85. The van der Waals surface area contributed by atoms with Gasteiger partial charge in [-0.1, -0.05) is 10.3 Å². The van der Waals surface area contributed by atoms with Gasteiger partial charge in [-0.25, -0.2) is 9.98 Å². The number of rotatable bonds is 4. The number of guanidine groups is 1. The Morgan fingerprint density at radius 3 is 3.00 bits per heavy atom. The van der Waals surface area contributed by atoms with Gasteiger partial charge >= 0.3 is 0 Å². The minimum atomic E-state index is -0.709. The van der Waals surface area contributed by atoms with Crippen molar-refractivity contribution in [3.8, 4) is 0 Å². The molecule has 19 heavy (non-hydrogen) atoms. The van der Waals surface area contributed by atoms with Gasteiger partial charge in [0, 0.05) is 11.9 Å². The SMILES string of the molecule is CC(C)N(CCCl)/N=N/C1=NC2C(=O)NC=NC2=N1. The lowest BCUT2D eigenvalue weighted by atomic mass is 10.2. The van der Waals surface area contributed by atoms with Gasteiger partial charge in [-0.2, -0.15) is 4.99 Å². The molecule has 2 aliphatic rings. The fourth-order valence-corrected chi connectivity index (χ4v) is 1.69. The smallest absolute Gasteiger partial charge is 0.269 e. The largest absolute Gasteiger partial charge is 0.314 e. The number of halogens is 1. The maximum atomic E-state index is 11.5. The molecule has 102 valence electrons. The molecule has 1 unspecified atom stereocenters. The molecule has 0 aromatic carbocycles. The Labute approximate surface area is 115 Å². The number of nitrogens with zero attached hydrogens (tertiary/aromatic N) is 6. The van der Waals surface area contributed by atoms with E-state index in [4.69, 9.17) is 11.6 Å². The zero-order valence-electron chi connectivity index (χ0n) is 10.6. The van der Waals surface area contributed by atoms with Crippen molar-refractivity contribution >= 4 is 35.6 Å². The van der Waals surface area contributed by atoms with Crippen LogP contribution in [0.2, 0.25) is 0 Å². The second-order valence-corrected chi connectivity index (χ2v) is 4.58. The first kappa shape index (κ1) is 13.6. The Hall–Kier alpha value is -1.83. The summed E-state index contributed by atoms with van der Waals surface area (Å²) in [6.45, 7) is 4.53. The monoisotopic (exact) mass is 283 g/mol. The van der Waals surface area contributed by atoms with Gasteiger partial charge in [-0.05, 0) is 13.8 Å². The van der Waals surface area contributed by atoms with Crippen molar-refractivity contribution in [2.24, 2.45) is 25.3 Å². The third kappa shape index (κ3) is 3.14. The number of hydrogen-bond donors (Lipinski definition) is 1. The molecule has 8 nitrogen and oxygen atoms in total. The standard InChI is InChI=1S/C10H14ClN7O/c1-6(2)18(4-3-11)17-16-10-14-7-8(15-10)12-5-13-9(7)19/h5-7H,3-4H2,1-2H3,(H,12,13,14,15,19)/b17-16+. The molecule has 2 heterocycles. The van der Waals surface area contributed by atoms with Crippen molar-refractivity contribution in [1.29, 1.82) is 0 Å². The van der Waals surface area contributed by atoms with Crippen molar-refractivity contribution in [2.45, 2.75) is 25.9 Å². The normalized spacial score (nSPS) is 21.5. The maximum Gasteiger partial charge on any atom is 0.269 e. The van der Waals surface area contributed by atoms with Gasteiger partial charge in [0.05, 0.1) is 12.9 Å². The number of aliphatic imine (C=N–C) groups is 3. The number of amidine groups is 1. The highest BCUT2D eigenvalue weighted by Crippen LogP contribution is 2.11. The molecular weight excluding hydrogens is 270 g/mol. The first-order chi connectivity index (χ1) is 9.11. The van der Waals surface area contributed by atoms with Crippen molar-refractivity contribution < 1.29 is 4.79 Å². The lowest BCUT2D eigenvalue weighted by Crippen LogP contribution is -2.40. The predicted molar refractivity (Wildman–Crippen MR) is 72.7 cm³/mol. The van der Waals surface area contributed by atoms with Crippen LogP contribution in [0.1, 0.15) is 13.8 Å². The van der Waals surface area contributed by atoms with Crippen molar-refractivity contribution in [3.05, 3.63) is 0 Å².